The molecule has 0 saturated carbocycles. The summed E-state index contributed by atoms with van der Waals surface area (Å²) in [7, 11) is -3.88. The molecule has 0 unspecified atom stereocenters. The zero-order chi connectivity index (χ0) is 23.6. The van der Waals surface area contributed by atoms with Crippen molar-refractivity contribution in [2.75, 3.05) is 18.1 Å². The van der Waals surface area contributed by atoms with Crippen molar-refractivity contribution >= 4 is 44.8 Å². The van der Waals surface area contributed by atoms with Crippen molar-refractivity contribution in [3.05, 3.63) is 99.1 Å². The maximum Gasteiger partial charge on any atom is 0.338 e. The highest BCUT2D eigenvalue weighted by atomic mass is 35.5. The minimum Gasteiger partial charge on any atom is -0.460 e. The summed E-state index contributed by atoms with van der Waals surface area (Å²) in [5.41, 5.74) is 0.918. The number of benzene rings is 3. The Morgan fingerprint density at radius 1 is 1.03 bits per heavy atom. The molecular formula is C22H16ClN3O6S. The number of hydrogen-bond acceptors (Lipinski definition) is 7. The minimum absolute atomic E-state index is 0.0607. The van der Waals surface area contributed by atoms with Crippen LogP contribution in [-0.4, -0.2) is 38.3 Å². The highest BCUT2D eigenvalue weighted by Crippen LogP contribution is 2.32. The lowest BCUT2D eigenvalue weighted by Crippen LogP contribution is -2.34. The molecule has 168 valence electrons. The molecule has 3 aromatic carbocycles. The van der Waals surface area contributed by atoms with Crippen molar-refractivity contribution in [1.82, 2.24) is 0 Å². The van der Waals surface area contributed by atoms with E-state index in [1.165, 1.54) is 30.3 Å². The van der Waals surface area contributed by atoms with Gasteiger partial charge in [-0.25, -0.2) is 4.79 Å². The molecule has 0 N–H and O–H groups in total. The van der Waals surface area contributed by atoms with Crippen LogP contribution in [0, 0.1) is 10.1 Å². The van der Waals surface area contributed by atoms with Crippen molar-refractivity contribution < 1.29 is 22.9 Å². The molecule has 4 rings (SSSR count). The fourth-order valence-electron chi connectivity index (χ4n) is 3.33. The van der Waals surface area contributed by atoms with Crippen LogP contribution in [0.1, 0.15) is 15.9 Å². The van der Waals surface area contributed by atoms with E-state index in [1.54, 1.807) is 47.4 Å². The van der Waals surface area contributed by atoms with E-state index >= 15 is 0 Å². The van der Waals surface area contributed by atoms with Gasteiger partial charge in [-0.05, 0) is 36.4 Å². The van der Waals surface area contributed by atoms with Gasteiger partial charge in [0.05, 0.1) is 27.7 Å². The lowest BCUT2D eigenvalue weighted by Gasteiger charge is -2.25. The fraction of sp³-hybridized carbons (Fsp3) is 0.0909. The van der Waals surface area contributed by atoms with E-state index in [0.717, 1.165) is 0 Å². The van der Waals surface area contributed by atoms with Crippen LogP contribution < -0.4 is 4.90 Å². The SMILES string of the molecule is O=C(OCCN(C1=NS(=O)(=O)c2ccccc21)c1ccccc1Cl)c1ccc([N+](=O)[O-])cc1. The Morgan fingerprint density at radius 3 is 2.39 bits per heavy atom. The van der Waals surface area contributed by atoms with Gasteiger partial charge >= 0.3 is 5.97 Å². The quantitative estimate of drug-likeness (QED) is 0.293. The molecule has 0 saturated heterocycles. The maximum absolute atomic E-state index is 12.5. The largest absolute Gasteiger partial charge is 0.460 e. The molecule has 1 aliphatic rings. The number of para-hydroxylation sites is 1. The van der Waals surface area contributed by atoms with Gasteiger partial charge < -0.3 is 9.64 Å². The Bertz CT molecular complexity index is 1370. The summed E-state index contributed by atoms with van der Waals surface area (Å²) in [6, 6.07) is 18.3. The van der Waals surface area contributed by atoms with Crippen LogP contribution in [0.15, 0.2) is 82.1 Å². The number of carbonyl (C=O) groups excluding carboxylic acids is 1. The van der Waals surface area contributed by atoms with Gasteiger partial charge in [0, 0.05) is 17.7 Å². The van der Waals surface area contributed by atoms with Crippen molar-refractivity contribution in [1.29, 1.82) is 0 Å². The van der Waals surface area contributed by atoms with Gasteiger partial charge in [-0.15, -0.1) is 4.40 Å². The van der Waals surface area contributed by atoms with Gasteiger partial charge in [0.2, 0.25) is 0 Å². The van der Waals surface area contributed by atoms with E-state index in [9.17, 15) is 23.3 Å². The molecule has 0 radical (unpaired) electrons. The van der Waals surface area contributed by atoms with Crippen LogP contribution in [0.25, 0.3) is 0 Å². The summed E-state index contributed by atoms with van der Waals surface area (Å²) in [6.45, 7) is -0.0621. The monoisotopic (exact) mass is 485 g/mol. The first-order chi connectivity index (χ1) is 15.8. The van der Waals surface area contributed by atoms with E-state index in [2.05, 4.69) is 4.40 Å². The van der Waals surface area contributed by atoms with E-state index in [-0.39, 0.29) is 35.1 Å². The van der Waals surface area contributed by atoms with Crippen molar-refractivity contribution in [2.24, 2.45) is 4.40 Å². The van der Waals surface area contributed by atoms with Gasteiger partial charge in [0.15, 0.2) is 5.84 Å². The van der Waals surface area contributed by atoms with Gasteiger partial charge in [-0.2, -0.15) is 8.42 Å². The number of non-ortho nitro benzene ring substituents is 1. The summed E-state index contributed by atoms with van der Waals surface area (Å²) in [5.74, 6) is -0.504. The third-order valence-electron chi connectivity index (χ3n) is 4.87. The minimum atomic E-state index is -3.88. The van der Waals surface area contributed by atoms with E-state index in [4.69, 9.17) is 16.3 Å². The molecule has 3 aromatic rings. The molecule has 0 fully saturated rings. The maximum atomic E-state index is 12.5. The Labute approximate surface area is 194 Å². The zero-order valence-electron chi connectivity index (χ0n) is 16.9. The molecule has 0 bridgehead atoms. The number of halogens is 1. The second-order valence-corrected chi connectivity index (χ2v) is 8.91. The third-order valence-corrected chi connectivity index (χ3v) is 6.52. The van der Waals surface area contributed by atoms with E-state index in [1.807, 2.05) is 0 Å². The number of esters is 1. The summed E-state index contributed by atoms with van der Waals surface area (Å²) in [6.07, 6.45) is 0. The third kappa shape index (κ3) is 4.57. The number of nitro benzene ring substituents is 1. The number of ether oxygens (including phenoxy) is 1. The Balaban J connectivity index is 1.58. The second kappa shape index (κ2) is 9.00. The number of anilines is 1. The number of nitro groups is 1. The number of sulfonamides is 1. The summed E-state index contributed by atoms with van der Waals surface area (Å²) < 4.78 is 34.4. The van der Waals surface area contributed by atoms with Crippen molar-refractivity contribution in [3.63, 3.8) is 0 Å². The van der Waals surface area contributed by atoms with Crippen LogP contribution in [0.3, 0.4) is 0 Å². The van der Waals surface area contributed by atoms with Crippen LogP contribution in [-0.2, 0) is 14.8 Å². The van der Waals surface area contributed by atoms with E-state index in [0.29, 0.717) is 16.3 Å². The molecular weight excluding hydrogens is 470 g/mol. The van der Waals surface area contributed by atoms with Gasteiger partial charge in [-0.1, -0.05) is 35.9 Å². The average molecular weight is 486 g/mol. The topological polar surface area (TPSA) is 119 Å². The molecule has 0 aromatic heterocycles. The number of fused-ring (bicyclic) bond motifs is 1. The first-order valence-electron chi connectivity index (χ1n) is 9.66. The molecule has 0 aliphatic carbocycles. The van der Waals surface area contributed by atoms with Gasteiger partial charge in [-0.3, -0.25) is 10.1 Å². The zero-order valence-corrected chi connectivity index (χ0v) is 18.5. The molecule has 0 spiro atoms. The van der Waals surface area contributed by atoms with Crippen LogP contribution in [0.2, 0.25) is 5.02 Å². The predicted octanol–water partition coefficient (Wildman–Crippen LogP) is 4.06. The highest BCUT2D eigenvalue weighted by molar-refractivity contribution is 7.90. The number of hydrogen-bond donors (Lipinski definition) is 0. The lowest BCUT2D eigenvalue weighted by atomic mass is 10.1. The standard InChI is InChI=1S/C22H16ClN3O6S/c23-18-6-2-3-7-19(18)25(21-17-5-1-4-8-20(17)33(30,31)24-21)13-14-32-22(27)15-9-11-16(12-10-15)26(28)29/h1-12H,13-14H2. The lowest BCUT2D eigenvalue weighted by molar-refractivity contribution is -0.384. The number of carbonyl (C=O) groups is 1. The molecule has 11 heteroatoms. The molecule has 0 atom stereocenters. The second-order valence-electron chi connectivity index (χ2n) is 6.93. The van der Waals surface area contributed by atoms with Crippen LogP contribution >= 0.6 is 11.6 Å². The average Bonchev–Trinajstić information content (AvgIpc) is 3.08. The highest BCUT2D eigenvalue weighted by Gasteiger charge is 2.32. The van der Waals surface area contributed by atoms with Gasteiger partial charge in [0.1, 0.15) is 11.5 Å². The summed E-state index contributed by atoms with van der Waals surface area (Å²) >= 11 is 6.36. The Kier molecular flexibility index (Phi) is 6.12. The number of nitrogens with zero attached hydrogens (tertiary/aromatic N) is 3. The van der Waals surface area contributed by atoms with Crippen molar-refractivity contribution in [3.8, 4) is 0 Å². The fourth-order valence-corrected chi connectivity index (χ4v) is 4.77. The summed E-state index contributed by atoms with van der Waals surface area (Å²) in [5, 5.41) is 11.1. The number of rotatable bonds is 6. The smallest absolute Gasteiger partial charge is 0.338 e. The van der Waals surface area contributed by atoms with Crippen LogP contribution in [0.4, 0.5) is 11.4 Å². The summed E-state index contributed by atoms with van der Waals surface area (Å²) in [4.78, 5) is 24.2. The van der Waals surface area contributed by atoms with Crippen molar-refractivity contribution in [2.45, 2.75) is 4.90 Å². The molecule has 1 aliphatic heterocycles. The molecule has 33 heavy (non-hydrogen) atoms. The van der Waals surface area contributed by atoms with Gasteiger partial charge in [0.25, 0.3) is 15.7 Å². The van der Waals surface area contributed by atoms with E-state index < -0.39 is 20.9 Å². The Hall–Kier alpha value is -3.76. The number of amidine groups is 1. The first-order valence-corrected chi connectivity index (χ1v) is 11.5. The molecule has 9 nitrogen and oxygen atoms in total. The normalized spacial score (nSPS) is 13.7. The first kappa shape index (κ1) is 22.4. The molecule has 1 heterocycles. The molecule has 0 amide bonds. The van der Waals surface area contributed by atoms with Crippen LogP contribution in [0.5, 0.6) is 0 Å². The predicted molar refractivity (Wildman–Crippen MR) is 122 cm³/mol. The Morgan fingerprint density at radius 2 is 1.70 bits per heavy atom.